The molecule has 0 aromatic rings. The third kappa shape index (κ3) is 1.06. The molecule has 11 heavy (non-hydrogen) atoms. The molecule has 2 rings (SSSR count). The van der Waals surface area contributed by atoms with E-state index < -0.39 is 0 Å². The van der Waals surface area contributed by atoms with Crippen LogP contribution in [-0.4, -0.2) is 17.5 Å². The largest absolute Gasteiger partial charge is 0.352 e. The molecule has 2 nitrogen and oxygen atoms in total. The van der Waals surface area contributed by atoms with Gasteiger partial charge in [0.1, 0.15) is 0 Å². The Morgan fingerprint density at radius 1 is 1.73 bits per heavy atom. The predicted molar refractivity (Wildman–Crippen MR) is 39.9 cm³/mol. The Bertz CT molecular complexity index is 258. The van der Waals surface area contributed by atoms with Crippen LogP contribution in [0.25, 0.3) is 0 Å². The molecule has 58 valence electrons. The van der Waals surface area contributed by atoms with Crippen LogP contribution in [0.4, 0.5) is 0 Å². The van der Waals surface area contributed by atoms with E-state index in [1.54, 1.807) is 0 Å². The third-order valence-corrected chi connectivity index (χ3v) is 2.28. The maximum absolute atomic E-state index is 10.5. The number of fused-ring (bicyclic) bond motifs is 1. The molecule has 0 aromatic carbocycles. The molecule has 1 aliphatic carbocycles. The van der Waals surface area contributed by atoms with Gasteiger partial charge in [0.25, 0.3) is 0 Å². The predicted octanol–water partition coefficient (Wildman–Crippen LogP) is 0.900. The minimum Gasteiger partial charge on any atom is -0.352 e. The van der Waals surface area contributed by atoms with E-state index in [2.05, 4.69) is 11.8 Å². The van der Waals surface area contributed by atoms with Gasteiger partial charge in [0.05, 0.1) is 6.10 Å². The van der Waals surface area contributed by atoms with Crippen LogP contribution in [0.3, 0.4) is 0 Å². The standard InChI is InChI=1S/C9H10O2/c1-7(10)4-6-9-5-2-3-8(9)11-9/h8H,2-3,5H2,1H3. The van der Waals surface area contributed by atoms with Crippen molar-refractivity contribution in [2.45, 2.75) is 37.9 Å². The van der Waals surface area contributed by atoms with E-state index in [0.29, 0.717) is 6.10 Å². The fraction of sp³-hybridized carbons (Fsp3) is 0.667. The lowest BCUT2D eigenvalue weighted by Gasteiger charge is -1.94. The summed E-state index contributed by atoms with van der Waals surface area (Å²) in [6.45, 7) is 1.48. The average molecular weight is 150 g/mol. The third-order valence-electron chi connectivity index (χ3n) is 2.28. The minimum atomic E-state index is -0.189. The SMILES string of the molecule is CC(=O)C#CC12CCCC1O2. The molecule has 2 atom stereocenters. The highest BCUT2D eigenvalue weighted by molar-refractivity contribution is 5.93. The van der Waals surface area contributed by atoms with Crippen LogP contribution in [-0.2, 0) is 9.53 Å². The Balaban J connectivity index is 2.08. The van der Waals surface area contributed by atoms with Gasteiger partial charge >= 0.3 is 0 Å². The smallest absolute Gasteiger partial charge is 0.202 e. The van der Waals surface area contributed by atoms with Gasteiger partial charge in [-0.1, -0.05) is 5.92 Å². The summed E-state index contributed by atoms with van der Waals surface area (Å²) in [5, 5.41) is 0. The van der Waals surface area contributed by atoms with E-state index in [1.807, 2.05) is 0 Å². The molecule has 1 saturated heterocycles. The number of rotatable bonds is 0. The lowest BCUT2D eigenvalue weighted by molar-refractivity contribution is -0.111. The molecular formula is C9H10O2. The molecule has 2 aliphatic rings. The summed E-state index contributed by atoms with van der Waals surface area (Å²) in [6.07, 6.45) is 3.66. The average Bonchev–Trinajstić information content (AvgIpc) is 2.52. The molecular weight excluding hydrogens is 140 g/mol. The highest BCUT2D eigenvalue weighted by Crippen LogP contribution is 2.49. The number of hydrogen-bond acceptors (Lipinski definition) is 2. The summed E-state index contributed by atoms with van der Waals surface area (Å²) >= 11 is 0. The van der Waals surface area contributed by atoms with Gasteiger partial charge in [0.15, 0.2) is 5.60 Å². The Labute approximate surface area is 65.9 Å². The van der Waals surface area contributed by atoms with Crippen molar-refractivity contribution in [3.05, 3.63) is 0 Å². The summed E-state index contributed by atoms with van der Waals surface area (Å²) < 4.78 is 5.36. The van der Waals surface area contributed by atoms with Crippen molar-refractivity contribution in [2.24, 2.45) is 0 Å². The molecule has 2 fully saturated rings. The van der Waals surface area contributed by atoms with Gasteiger partial charge in [0, 0.05) is 6.92 Å². The van der Waals surface area contributed by atoms with Crippen LogP contribution >= 0.6 is 0 Å². The fourth-order valence-electron chi connectivity index (χ4n) is 1.65. The topological polar surface area (TPSA) is 29.6 Å². The number of carbonyl (C=O) groups excluding carboxylic acids is 1. The number of ether oxygens (including phenoxy) is 1. The van der Waals surface area contributed by atoms with Crippen molar-refractivity contribution in [1.29, 1.82) is 0 Å². The van der Waals surface area contributed by atoms with Crippen molar-refractivity contribution in [2.75, 3.05) is 0 Å². The lowest BCUT2D eigenvalue weighted by atomic mass is 10.1. The van der Waals surface area contributed by atoms with Crippen LogP contribution in [0.15, 0.2) is 0 Å². The second kappa shape index (κ2) is 2.09. The van der Waals surface area contributed by atoms with Crippen molar-refractivity contribution in [3.8, 4) is 11.8 Å². The Morgan fingerprint density at radius 3 is 3.00 bits per heavy atom. The van der Waals surface area contributed by atoms with Gasteiger partial charge in [-0.05, 0) is 25.2 Å². The molecule has 0 amide bonds. The summed E-state index contributed by atoms with van der Waals surface area (Å²) in [7, 11) is 0. The van der Waals surface area contributed by atoms with Crippen molar-refractivity contribution in [3.63, 3.8) is 0 Å². The summed E-state index contributed by atoms with van der Waals surface area (Å²) in [6, 6.07) is 0. The highest BCUT2D eigenvalue weighted by Gasteiger charge is 2.58. The summed E-state index contributed by atoms with van der Waals surface area (Å²) in [5.74, 6) is 5.40. The van der Waals surface area contributed by atoms with E-state index in [4.69, 9.17) is 4.74 Å². The normalized spacial score (nSPS) is 38.8. The highest BCUT2D eigenvalue weighted by atomic mass is 16.6. The molecule has 2 unspecified atom stereocenters. The molecule has 1 saturated carbocycles. The zero-order valence-electron chi connectivity index (χ0n) is 6.52. The van der Waals surface area contributed by atoms with Crippen molar-refractivity contribution in [1.82, 2.24) is 0 Å². The number of ketones is 1. The summed E-state index contributed by atoms with van der Waals surface area (Å²) in [4.78, 5) is 10.5. The first-order chi connectivity index (χ1) is 5.23. The van der Waals surface area contributed by atoms with Crippen molar-refractivity contribution >= 4 is 5.78 Å². The van der Waals surface area contributed by atoms with E-state index in [0.717, 1.165) is 12.8 Å². The first-order valence-electron chi connectivity index (χ1n) is 3.94. The molecule has 0 aromatic heterocycles. The Hall–Kier alpha value is -0.810. The van der Waals surface area contributed by atoms with Crippen LogP contribution < -0.4 is 0 Å². The maximum atomic E-state index is 10.5. The molecule has 1 aliphatic heterocycles. The van der Waals surface area contributed by atoms with Gasteiger partial charge in [-0.15, -0.1) is 0 Å². The number of carbonyl (C=O) groups is 1. The van der Waals surface area contributed by atoms with Gasteiger partial charge in [0.2, 0.25) is 5.78 Å². The summed E-state index contributed by atoms with van der Waals surface area (Å²) in [5.41, 5.74) is -0.189. The quantitative estimate of drug-likeness (QED) is 0.292. The molecule has 0 bridgehead atoms. The first kappa shape index (κ1) is 6.87. The molecule has 0 spiro atoms. The fourth-order valence-corrected chi connectivity index (χ4v) is 1.65. The second-order valence-electron chi connectivity index (χ2n) is 3.19. The van der Waals surface area contributed by atoms with Gasteiger partial charge in [-0.2, -0.15) is 0 Å². The first-order valence-corrected chi connectivity index (χ1v) is 3.94. The number of Topliss-reactive ketones (excluding diaryl/α,β-unsaturated/α-hetero) is 1. The monoisotopic (exact) mass is 150 g/mol. The molecule has 2 heteroatoms. The van der Waals surface area contributed by atoms with Crippen LogP contribution in [0, 0.1) is 11.8 Å². The van der Waals surface area contributed by atoms with Crippen LogP contribution in [0.2, 0.25) is 0 Å². The van der Waals surface area contributed by atoms with Crippen molar-refractivity contribution < 1.29 is 9.53 Å². The maximum Gasteiger partial charge on any atom is 0.202 e. The van der Waals surface area contributed by atoms with E-state index in [-0.39, 0.29) is 11.4 Å². The van der Waals surface area contributed by atoms with E-state index in [1.165, 1.54) is 13.3 Å². The van der Waals surface area contributed by atoms with Crippen LogP contribution in [0.1, 0.15) is 26.2 Å². The lowest BCUT2D eigenvalue weighted by Crippen LogP contribution is -2.05. The van der Waals surface area contributed by atoms with E-state index in [9.17, 15) is 4.79 Å². The zero-order chi connectivity index (χ0) is 7.90. The Kier molecular flexibility index (Phi) is 1.30. The number of hydrogen-bond donors (Lipinski definition) is 0. The second-order valence-corrected chi connectivity index (χ2v) is 3.19. The van der Waals surface area contributed by atoms with Crippen LogP contribution in [0.5, 0.6) is 0 Å². The molecule has 1 heterocycles. The molecule has 0 N–H and O–H groups in total. The minimum absolute atomic E-state index is 0.0690. The van der Waals surface area contributed by atoms with Gasteiger partial charge < -0.3 is 4.74 Å². The van der Waals surface area contributed by atoms with Gasteiger partial charge in [-0.3, -0.25) is 4.79 Å². The molecule has 0 radical (unpaired) electrons. The van der Waals surface area contributed by atoms with Gasteiger partial charge in [-0.25, -0.2) is 0 Å². The zero-order valence-corrected chi connectivity index (χ0v) is 6.52. The Morgan fingerprint density at radius 2 is 2.55 bits per heavy atom. The van der Waals surface area contributed by atoms with E-state index >= 15 is 0 Å². The number of epoxide rings is 1.